The monoisotopic (exact) mass is 442 g/mol. The van der Waals surface area contributed by atoms with E-state index in [4.69, 9.17) is 4.74 Å². The highest BCUT2D eigenvalue weighted by Crippen LogP contribution is 2.28. The van der Waals surface area contributed by atoms with E-state index in [0.717, 1.165) is 36.6 Å². The molecule has 4 aromatic rings. The van der Waals surface area contributed by atoms with Crippen LogP contribution >= 0.6 is 0 Å². The van der Waals surface area contributed by atoms with Crippen LogP contribution in [0.2, 0.25) is 0 Å². The van der Waals surface area contributed by atoms with Crippen LogP contribution in [0.1, 0.15) is 31.5 Å². The first-order valence-electron chi connectivity index (χ1n) is 10.6. The maximum Gasteiger partial charge on any atom is 0.256 e. The van der Waals surface area contributed by atoms with Gasteiger partial charge in [-0.15, -0.1) is 0 Å². The van der Waals surface area contributed by atoms with Gasteiger partial charge in [-0.1, -0.05) is 0 Å². The average molecular weight is 442 g/mol. The number of aromatic nitrogens is 7. The van der Waals surface area contributed by atoms with Gasteiger partial charge in [0, 0.05) is 36.5 Å². The summed E-state index contributed by atoms with van der Waals surface area (Å²) in [6, 6.07) is 0.319. The smallest absolute Gasteiger partial charge is 0.256 e. The maximum atomic E-state index is 13.0. The van der Waals surface area contributed by atoms with Crippen molar-refractivity contribution in [2.75, 3.05) is 12.4 Å². The second-order valence-electron chi connectivity index (χ2n) is 8.08. The molecular weight excluding hydrogens is 418 g/mol. The molecule has 0 aromatic carbocycles. The lowest BCUT2D eigenvalue weighted by atomic mass is 9.93. The van der Waals surface area contributed by atoms with Gasteiger partial charge in [0.2, 0.25) is 5.95 Å². The minimum Gasteiger partial charge on any atom is -0.381 e. The molecule has 0 saturated heterocycles. The van der Waals surface area contributed by atoms with Gasteiger partial charge in [-0.2, -0.15) is 4.98 Å². The Kier molecular flexibility index (Phi) is 5.41. The Balaban J connectivity index is 1.42. The highest BCUT2D eigenvalue weighted by molar-refractivity contribution is 5.93. The third-order valence-corrected chi connectivity index (χ3v) is 6.02. The number of aryl methyl sites for hydroxylation is 1. The molecular formula is C21H24F2N8O. The van der Waals surface area contributed by atoms with E-state index < -0.39 is 13.0 Å². The number of aromatic amines is 1. The van der Waals surface area contributed by atoms with E-state index in [1.165, 1.54) is 4.57 Å². The number of rotatable bonds is 6. The zero-order valence-corrected chi connectivity index (χ0v) is 17.8. The Morgan fingerprint density at radius 3 is 2.72 bits per heavy atom. The summed E-state index contributed by atoms with van der Waals surface area (Å²) in [5.74, 6) is 1.02. The molecule has 4 heterocycles. The molecule has 32 heavy (non-hydrogen) atoms. The molecule has 1 aliphatic carbocycles. The number of nitrogens with zero attached hydrogens (tertiary/aromatic N) is 6. The molecule has 9 nitrogen and oxygen atoms in total. The Morgan fingerprint density at radius 1 is 1.16 bits per heavy atom. The van der Waals surface area contributed by atoms with Crippen LogP contribution in [0.15, 0.2) is 18.6 Å². The third-order valence-electron chi connectivity index (χ3n) is 6.02. The van der Waals surface area contributed by atoms with Crippen molar-refractivity contribution in [2.24, 2.45) is 0 Å². The Morgan fingerprint density at radius 2 is 1.97 bits per heavy atom. The van der Waals surface area contributed by atoms with Gasteiger partial charge in [0.25, 0.3) is 6.43 Å². The van der Waals surface area contributed by atoms with Crippen molar-refractivity contribution < 1.29 is 13.5 Å². The quantitative estimate of drug-likeness (QED) is 0.469. The fraction of sp³-hybridized carbons (Fsp3) is 0.476. The second-order valence-corrected chi connectivity index (χ2v) is 8.08. The fourth-order valence-electron chi connectivity index (χ4n) is 4.30. The lowest BCUT2D eigenvalue weighted by molar-refractivity contribution is 0.0681. The second kappa shape index (κ2) is 8.38. The number of ether oxygens (including phenoxy) is 1. The van der Waals surface area contributed by atoms with Gasteiger partial charge in [-0.25, -0.2) is 28.7 Å². The van der Waals surface area contributed by atoms with Gasteiger partial charge < -0.3 is 19.6 Å². The lowest BCUT2D eigenvalue weighted by Crippen LogP contribution is -2.29. The van der Waals surface area contributed by atoms with Crippen LogP contribution in [-0.2, 0) is 11.3 Å². The number of imidazole rings is 1. The number of anilines is 1. The minimum absolute atomic E-state index is 0.319. The van der Waals surface area contributed by atoms with Crippen LogP contribution in [0.4, 0.5) is 14.7 Å². The van der Waals surface area contributed by atoms with Gasteiger partial charge in [-0.3, -0.25) is 0 Å². The predicted molar refractivity (Wildman–Crippen MR) is 116 cm³/mol. The first-order chi connectivity index (χ1) is 15.5. The van der Waals surface area contributed by atoms with Crippen LogP contribution in [0.3, 0.4) is 0 Å². The number of hydrogen-bond acceptors (Lipinski definition) is 7. The molecule has 0 aliphatic heterocycles. The van der Waals surface area contributed by atoms with Gasteiger partial charge in [-0.05, 0) is 32.6 Å². The van der Waals surface area contributed by atoms with Crippen LogP contribution in [0.25, 0.3) is 33.6 Å². The Bertz CT molecular complexity index is 1250. The molecule has 4 aromatic heterocycles. The van der Waals surface area contributed by atoms with E-state index in [-0.39, 0.29) is 0 Å². The molecule has 1 aliphatic rings. The fourth-order valence-corrected chi connectivity index (χ4v) is 4.30. The van der Waals surface area contributed by atoms with E-state index in [9.17, 15) is 8.78 Å². The molecule has 0 amide bonds. The number of halogens is 2. The Labute approximate surface area is 182 Å². The van der Waals surface area contributed by atoms with Gasteiger partial charge in [0.05, 0.1) is 24.5 Å². The molecule has 0 unspecified atom stereocenters. The normalized spacial score (nSPS) is 19.3. The molecule has 5 rings (SSSR count). The zero-order chi connectivity index (χ0) is 22.2. The molecule has 1 fully saturated rings. The SMILES string of the molecule is COC1CCC(Nc2ncc3c(-c4cnc5nc(C)n(CC(F)F)c5n4)c[nH]c3n2)CC1. The first-order valence-corrected chi connectivity index (χ1v) is 10.6. The van der Waals surface area contributed by atoms with Crippen LogP contribution in [0.5, 0.6) is 0 Å². The summed E-state index contributed by atoms with van der Waals surface area (Å²) in [6.07, 6.45) is 7.00. The number of hydrogen-bond donors (Lipinski definition) is 2. The topological polar surface area (TPSA) is 106 Å². The zero-order valence-electron chi connectivity index (χ0n) is 17.8. The molecule has 1 saturated carbocycles. The summed E-state index contributed by atoms with van der Waals surface area (Å²) in [7, 11) is 1.76. The van der Waals surface area contributed by atoms with Crippen molar-refractivity contribution in [1.29, 1.82) is 0 Å². The molecule has 168 valence electrons. The summed E-state index contributed by atoms with van der Waals surface area (Å²) in [5.41, 5.74) is 2.64. The third kappa shape index (κ3) is 3.88. The van der Waals surface area contributed by atoms with Crippen molar-refractivity contribution in [3.8, 4) is 11.3 Å². The van der Waals surface area contributed by atoms with Gasteiger partial charge >= 0.3 is 0 Å². The molecule has 2 N–H and O–H groups in total. The molecule has 11 heteroatoms. The van der Waals surface area contributed by atoms with Crippen molar-refractivity contribution >= 4 is 28.3 Å². The standard InChI is InChI=1S/C21H24F2N8O/c1-11-27-19-20(31(11)10-17(22)23)29-16(9-25-19)14-7-24-18-15(14)8-26-21(30-18)28-12-3-5-13(32-2)6-4-12/h7-9,12-13,17H,3-6,10H2,1-2H3,(H2,24,26,28,30). The minimum atomic E-state index is -2.51. The summed E-state index contributed by atoms with van der Waals surface area (Å²) < 4.78 is 32.8. The highest BCUT2D eigenvalue weighted by Gasteiger charge is 2.22. The summed E-state index contributed by atoms with van der Waals surface area (Å²) >= 11 is 0. The number of alkyl halides is 2. The largest absolute Gasteiger partial charge is 0.381 e. The highest BCUT2D eigenvalue weighted by atomic mass is 19.3. The van der Waals surface area contributed by atoms with Gasteiger partial charge in [0.1, 0.15) is 11.5 Å². The molecule has 0 radical (unpaired) electrons. The number of fused-ring (bicyclic) bond motifs is 2. The van der Waals surface area contributed by atoms with Crippen molar-refractivity contribution in [2.45, 2.75) is 57.7 Å². The van der Waals surface area contributed by atoms with Crippen LogP contribution < -0.4 is 5.32 Å². The number of nitrogens with one attached hydrogen (secondary N) is 2. The molecule has 0 atom stereocenters. The van der Waals surface area contributed by atoms with E-state index in [0.29, 0.717) is 46.6 Å². The van der Waals surface area contributed by atoms with Gasteiger partial charge in [0.15, 0.2) is 11.3 Å². The summed E-state index contributed by atoms with van der Waals surface area (Å²) in [4.78, 5) is 25.4. The van der Waals surface area contributed by atoms with Crippen molar-refractivity contribution in [1.82, 2.24) is 34.5 Å². The Hall–Kier alpha value is -3.21. The lowest BCUT2D eigenvalue weighted by Gasteiger charge is -2.28. The van der Waals surface area contributed by atoms with Crippen molar-refractivity contribution in [3.05, 3.63) is 24.4 Å². The van der Waals surface area contributed by atoms with E-state index in [2.05, 4.69) is 35.2 Å². The summed E-state index contributed by atoms with van der Waals surface area (Å²) in [5, 5.41) is 4.19. The number of methoxy groups -OCH3 is 1. The van der Waals surface area contributed by atoms with E-state index in [1.54, 1.807) is 32.6 Å². The predicted octanol–water partition coefficient (Wildman–Crippen LogP) is 3.71. The maximum absolute atomic E-state index is 13.0. The summed E-state index contributed by atoms with van der Waals surface area (Å²) in [6.45, 7) is 1.19. The van der Waals surface area contributed by atoms with Crippen LogP contribution in [-0.4, -0.2) is 60.2 Å². The molecule has 0 bridgehead atoms. The van der Waals surface area contributed by atoms with Crippen LogP contribution in [0, 0.1) is 6.92 Å². The molecule has 0 spiro atoms. The van der Waals surface area contributed by atoms with E-state index in [1.807, 2.05) is 0 Å². The van der Waals surface area contributed by atoms with Crippen molar-refractivity contribution in [3.63, 3.8) is 0 Å². The first kappa shape index (κ1) is 20.7. The number of H-pyrrole nitrogens is 1. The average Bonchev–Trinajstić information content (AvgIpc) is 3.34. The van der Waals surface area contributed by atoms with E-state index >= 15 is 0 Å².